The lowest BCUT2D eigenvalue weighted by Gasteiger charge is -2.32. The van der Waals surface area contributed by atoms with Crippen molar-refractivity contribution in [1.29, 1.82) is 0 Å². The zero-order valence-corrected chi connectivity index (χ0v) is 21.8. The Morgan fingerprint density at radius 2 is 1.78 bits per heavy atom. The lowest BCUT2D eigenvalue weighted by Crippen LogP contribution is -2.43. The summed E-state index contributed by atoms with van der Waals surface area (Å²) in [6, 6.07) is 10.5. The standard InChI is InChI=1S/C23H27N5O6S2.CH4/c1-26-9-11-27(12-10-26)15-21-22(16-5-4-6-17(13-16)28(29)30)24-23(35-21)25-36(31,32)18-7-8-19(33-2)20(14-18)34-3;/h4-8,13-14H,9-12,15H2,1-3H3,(H,24,25);1H4. The number of nitrogens with one attached hydrogen (secondary N) is 1. The minimum Gasteiger partial charge on any atom is -0.493 e. The molecule has 1 aromatic heterocycles. The molecule has 1 fully saturated rings. The number of nitrogens with zero attached hydrogens (tertiary/aromatic N) is 4. The second kappa shape index (κ2) is 11.9. The lowest BCUT2D eigenvalue weighted by atomic mass is 10.1. The van der Waals surface area contributed by atoms with Crippen LogP contribution in [0, 0.1) is 10.1 Å². The number of aromatic nitrogens is 1. The number of methoxy groups -OCH3 is 2. The molecule has 0 saturated carbocycles. The van der Waals surface area contributed by atoms with Crippen LogP contribution in [0.3, 0.4) is 0 Å². The molecule has 1 saturated heterocycles. The van der Waals surface area contributed by atoms with Crippen LogP contribution < -0.4 is 14.2 Å². The van der Waals surface area contributed by atoms with Crippen LogP contribution in [-0.2, 0) is 16.6 Å². The molecule has 1 aliphatic rings. The average Bonchev–Trinajstić information content (AvgIpc) is 3.26. The SMILES string of the molecule is C.COc1ccc(S(=O)(=O)Nc2nc(-c3cccc([N+](=O)[O-])c3)c(CN3CCN(C)CC3)s2)cc1OC. The highest BCUT2D eigenvalue weighted by Crippen LogP contribution is 2.36. The normalized spacial score (nSPS) is 14.6. The van der Waals surface area contributed by atoms with E-state index in [0.717, 1.165) is 31.1 Å². The third-order valence-electron chi connectivity index (χ3n) is 5.88. The Labute approximate surface area is 220 Å². The Kier molecular flexibility index (Phi) is 9.07. The van der Waals surface area contributed by atoms with Gasteiger partial charge in [-0.3, -0.25) is 19.7 Å². The first-order chi connectivity index (χ1) is 17.2. The van der Waals surface area contributed by atoms with Crippen LogP contribution in [0.15, 0.2) is 47.4 Å². The van der Waals surface area contributed by atoms with Crippen LogP contribution in [0.25, 0.3) is 11.3 Å². The summed E-state index contributed by atoms with van der Waals surface area (Å²) in [4.78, 5) is 20.8. The molecular formula is C24H31N5O6S2. The van der Waals surface area contributed by atoms with E-state index < -0.39 is 14.9 Å². The monoisotopic (exact) mass is 549 g/mol. The Morgan fingerprint density at radius 1 is 1.08 bits per heavy atom. The fourth-order valence-corrected chi connectivity index (χ4v) is 6.14. The second-order valence-corrected chi connectivity index (χ2v) is 11.1. The van der Waals surface area contributed by atoms with Gasteiger partial charge in [0.15, 0.2) is 16.6 Å². The van der Waals surface area contributed by atoms with Gasteiger partial charge in [-0.15, -0.1) is 0 Å². The third-order valence-corrected chi connectivity index (χ3v) is 8.30. The van der Waals surface area contributed by atoms with Gasteiger partial charge in [-0.1, -0.05) is 30.9 Å². The number of likely N-dealkylation sites (N-methyl/N-ethyl adjacent to an activating group) is 1. The number of non-ortho nitro benzene ring substituents is 1. The summed E-state index contributed by atoms with van der Waals surface area (Å²) in [7, 11) is 0.983. The zero-order chi connectivity index (χ0) is 25.9. The number of anilines is 1. The number of rotatable bonds is 9. The van der Waals surface area contributed by atoms with E-state index in [-0.39, 0.29) is 28.9 Å². The molecule has 2 heterocycles. The molecule has 1 aliphatic heterocycles. The number of hydrogen-bond acceptors (Lipinski definition) is 10. The van der Waals surface area contributed by atoms with E-state index in [1.807, 2.05) is 0 Å². The van der Waals surface area contributed by atoms with Crippen LogP contribution in [0.5, 0.6) is 11.5 Å². The predicted octanol–water partition coefficient (Wildman–Crippen LogP) is 3.92. The van der Waals surface area contributed by atoms with Gasteiger partial charge in [-0.05, 0) is 19.2 Å². The summed E-state index contributed by atoms with van der Waals surface area (Å²) in [5.41, 5.74) is 1.02. The first kappa shape index (κ1) is 28.3. The van der Waals surface area contributed by atoms with E-state index in [1.54, 1.807) is 12.1 Å². The number of piperazine rings is 1. The number of ether oxygens (including phenoxy) is 2. The number of nitro groups is 1. The van der Waals surface area contributed by atoms with Gasteiger partial charge in [0.05, 0.1) is 29.7 Å². The summed E-state index contributed by atoms with van der Waals surface area (Å²) in [5, 5.41) is 11.5. The van der Waals surface area contributed by atoms with Gasteiger partial charge in [0.25, 0.3) is 15.7 Å². The Morgan fingerprint density at radius 3 is 2.43 bits per heavy atom. The fourth-order valence-electron chi connectivity index (χ4n) is 3.86. The highest BCUT2D eigenvalue weighted by atomic mass is 32.2. The number of hydrogen-bond donors (Lipinski definition) is 1. The van der Waals surface area contributed by atoms with E-state index >= 15 is 0 Å². The third kappa shape index (κ3) is 6.55. The fraction of sp³-hybridized carbons (Fsp3) is 0.375. The van der Waals surface area contributed by atoms with Gasteiger partial charge in [0, 0.05) is 61.4 Å². The van der Waals surface area contributed by atoms with Crippen LogP contribution in [0.4, 0.5) is 10.8 Å². The molecule has 0 aliphatic carbocycles. The molecule has 0 bridgehead atoms. The quantitative estimate of drug-likeness (QED) is 0.312. The highest BCUT2D eigenvalue weighted by Gasteiger charge is 2.24. The van der Waals surface area contributed by atoms with Crippen molar-refractivity contribution in [3.05, 3.63) is 57.5 Å². The van der Waals surface area contributed by atoms with Gasteiger partial charge in [0.1, 0.15) is 0 Å². The Balaban J connectivity index is 0.00000380. The minimum absolute atomic E-state index is 0. The number of benzene rings is 2. The summed E-state index contributed by atoms with van der Waals surface area (Å²) >= 11 is 1.22. The van der Waals surface area contributed by atoms with Crippen LogP contribution in [-0.4, -0.2) is 75.6 Å². The molecule has 4 rings (SSSR count). The molecule has 0 unspecified atom stereocenters. The predicted molar refractivity (Wildman–Crippen MR) is 144 cm³/mol. The van der Waals surface area contributed by atoms with Gasteiger partial charge in [0.2, 0.25) is 0 Å². The molecular weight excluding hydrogens is 518 g/mol. The topological polar surface area (TPSA) is 127 Å². The van der Waals surface area contributed by atoms with Crippen molar-refractivity contribution in [1.82, 2.24) is 14.8 Å². The van der Waals surface area contributed by atoms with Crippen molar-refractivity contribution in [3.8, 4) is 22.8 Å². The molecule has 3 aromatic rings. The highest BCUT2D eigenvalue weighted by molar-refractivity contribution is 7.93. The smallest absolute Gasteiger partial charge is 0.270 e. The van der Waals surface area contributed by atoms with Crippen molar-refractivity contribution in [3.63, 3.8) is 0 Å². The number of thiazole rings is 1. The van der Waals surface area contributed by atoms with E-state index in [2.05, 4.69) is 26.6 Å². The molecule has 11 nitrogen and oxygen atoms in total. The van der Waals surface area contributed by atoms with E-state index in [9.17, 15) is 18.5 Å². The van der Waals surface area contributed by atoms with Crippen LogP contribution >= 0.6 is 11.3 Å². The molecule has 0 radical (unpaired) electrons. The largest absolute Gasteiger partial charge is 0.493 e. The first-order valence-corrected chi connectivity index (χ1v) is 13.4. The van der Waals surface area contributed by atoms with Gasteiger partial charge >= 0.3 is 0 Å². The van der Waals surface area contributed by atoms with Crippen LogP contribution in [0.2, 0.25) is 0 Å². The lowest BCUT2D eigenvalue weighted by molar-refractivity contribution is -0.384. The summed E-state index contributed by atoms with van der Waals surface area (Å²) < 4.78 is 39.3. The molecule has 1 N–H and O–H groups in total. The van der Waals surface area contributed by atoms with Crippen molar-refractivity contribution >= 4 is 32.2 Å². The summed E-state index contributed by atoms with van der Waals surface area (Å²) in [5.74, 6) is 0.695. The molecule has 2 aromatic carbocycles. The van der Waals surface area contributed by atoms with E-state index in [1.165, 1.54) is 55.9 Å². The molecule has 0 spiro atoms. The van der Waals surface area contributed by atoms with Crippen molar-refractivity contribution in [2.75, 3.05) is 52.2 Å². The summed E-state index contributed by atoms with van der Waals surface area (Å²) in [6.07, 6.45) is 0. The van der Waals surface area contributed by atoms with Crippen molar-refractivity contribution in [2.24, 2.45) is 0 Å². The molecule has 37 heavy (non-hydrogen) atoms. The van der Waals surface area contributed by atoms with E-state index in [4.69, 9.17) is 9.47 Å². The van der Waals surface area contributed by atoms with Crippen LogP contribution in [0.1, 0.15) is 12.3 Å². The molecule has 13 heteroatoms. The summed E-state index contributed by atoms with van der Waals surface area (Å²) in [6.45, 7) is 4.11. The maximum absolute atomic E-state index is 13.1. The Hall–Kier alpha value is -3.26. The van der Waals surface area contributed by atoms with Crippen molar-refractivity contribution in [2.45, 2.75) is 18.9 Å². The molecule has 0 atom stereocenters. The molecule has 0 amide bonds. The zero-order valence-electron chi connectivity index (χ0n) is 20.1. The van der Waals surface area contributed by atoms with Gasteiger partial charge in [-0.25, -0.2) is 13.4 Å². The second-order valence-electron chi connectivity index (χ2n) is 8.30. The van der Waals surface area contributed by atoms with Gasteiger partial charge in [-0.2, -0.15) is 0 Å². The first-order valence-electron chi connectivity index (χ1n) is 11.1. The number of nitro benzene ring substituents is 1. The maximum Gasteiger partial charge on any atom is 0.270 e. The number of sulfonamides is 1. The maximum atomic E-state index is 13.1. The Bertz CT molecular complexity index is 1350. The van der Waals surface area contributed by atoms with Gasteiger partial charge < -0.3 is 14.4 Å². The van der Waals surface area contributed by atoms with Crippen molar-refractivity contribution < 1.29 is 22.8 Å². The minimum atomic E-state index is -3.98. The average molecular weight is 550 g/mol. The molecule has 200 valence electrons. The van der Waals surface area contributed by atoms with E-state index in [0.29, 0.717) is 23.6 Å².